The van der Waals surface area contributed by atoms with Gasteiger partial charge in [0, 0.05) is 25.6 Å². The fourth-order valence-corrected chi connectivity index (χ4v) is 5.33. The fraction of sp³-hybridized carbons (Fsp3) is 0.464. The molecular formula is C28H34N2O5. The van der Waals surface area contributed by atoms with Gasteiger partial charge in [0.15, 0.2) is 0 Å². The van der Waals surface area contributed by atoms with Gasteiger partial charge >= 0.3 is 12.1 Å². The van der Waals surface area contributed by atoms with Crippen LogP contribution in [0, 0.1) is 17.8 Å². The van der Waals surface area contributed by atoms with Gasteiger partial charge in [0.05, 0.1) is 11.8 Å². The molecule has 2 amide bonds. The maximum atomic E-state index is 13.2. The van der Waals surface area contributed by atoms with Crippen LogP contribution >= 0.6 is 0 Å². The highest BCUT2D eigenvalue weighted by Crippen LogP contribution is 2.44. The first kappa shape index (κ1) is 24.8. The van der Waals surface area contributed by atoms with Crippen LogP contribution in [0.15, 0.2) is 48.5 Å². The molecule has 2 aromatic rings. The summed E-state index contributed by atoms with van der Waals surface area (Å²) in [6.07, 6.45) is 1.33. The van der Waals surface area contributed by atoms with E-state index in [4.69, 9.17) is 4.74 Å². The molecule has 7 nitrogen and oxygen atoms in total. The second-order valence-electron chi connectivity index (χ2n) is 9.99. The van der Waals surface area contributed by atoms with E-state index in [2.05, 4.69) is 29.6 Å². The van der Waals surface area contributed by atoms with Gasteiger partial charge in [-0.2, -0.15) is 0 Å². The summed E-state index contributed by atoms with van der Waals surface area (Å²) in [6, 6.07) is 16.3. The standard InChI is InChI=1S/C28H34N2O5/c1-18(2)14-20(26(31)30-13-7-8-19(16-30)27(32)33)15-29-28(34)35-17-25-23-11-5-3-9-21(23)22-10-4-6-12-24(22)25/h3-6,9-12,18-20,25H,7-8,13-17H2,1-2H3,(H,29,34)(H,32,33). The minimum absolute atomic E-state index is 0.0254. The first-order valence-electron chi connectivity index (χ1n) is 12.5. The van der Waals surface area contributed by atoms with Crippen LogP contribution in [0.4, 0.5) is 4.79 Å². The second kappa shape index (κ2) is 10.9. The van der Waals surface area contributed by atoms with Crippen molar-refractivity contribution < 1.29 is 24.2 Å². The summed E-state index contributed by atoms with van der Waals surface area (Å²) in [5.41, 5.74) is 4.63. The van der Waals surface area contributed by atoms with Gasteiger partial charge in [-0.1, -0.05) is 62.4 Å². The van der Waals surface area contributed by atoms with E-state index in [0.717, 1.165) is 11.1 Å². The molecule has 0 saturated carbocycles. The Morgan fingerprint density at radius 3 is 2.29 bits per heavy atom. The number of carboxylic acids is 1. The Hall–Kier alpha value is -3.35. The number of carbonyl (C=O) groups is 3. The fourth-order valence-electron chi connectivity index (χ4n) is 5.33. The molecule has 7 heteroatoms. The van der Waals surface area contributed by atoms with Crippen LogP contribution in [0.5, 0.6) is 0 Å². The summed E-state index contributed by atoms with van der Waals surface area (Å²) in [4.78, 5) is 38.9. The Kier molecular flexibility index (Phi) is 7.73. The van der Waals surface area contributed by atoms with Gasteiger partial charge in [-0.25, -0.2) is 4.79 Å². The largest absolute Gasteiger partial charge is 0.481 e. The van der Waals surface area contributed by atoms with Gasteiger partial charge in [-0.15, -0.1) is 0 Å². The molecule has 0 bridgehead atoms. The minimum Gasteiger partial charge on any atom is -0.481 e. The van der Waals surface area contributed by atoms with Crippen molar-refractivity contribution in [3.8, 4) is 11.1 Å². The third-order valence-corrected chi connectivity index (χ3v) is 7.02. The number of likely N-dealkylation sites (tertiary alicyclic amines) is 1. The highest BCUT2D eigenvalue weighted by Gasteiger charge is 2.33. The van der Waals surface area contributed by atoms with E-state index >= 15 is 0 Å². The van der Waals surface area contributed by atoms with Crippen LogP contribution in [-0.4, -0.2) is 54.2 Å². The number of nitrogens with one attached hydrogen (secondary N) is 1. The molecular weight excluding hydrogens is 444 g/mol. The average Bonchev–Trinajstić information content (AvgIpc) is 3.18. The van der Waals surface area contributed by atoms with Crippen molar-refractivity contribution in [3.05, 3.63) is 59.7 Å². The number of benzene rings is 2. The number of alkyl carbamates (subject to hydrolysis) is 1. The van der Waals surface area contributed by atoms with E-state index in [1.54, 1.807) is 4.90 Å². The predicted molar refractivity (Wildman–Crippen MR) is 133 cm³/mol. The summed E-state index contributed by atoms with van der Waals surface area (Å²) >= 11 is 0. The zero-order chi connectivity index (χ0) is 24.9. The normalized spacial score (nSPS) is 18.0. The summed E-state index contributed by atoms with van der Waals surface area (Å²) in [7, 11) is 0. The average molecular weight is 479 g/mol. The molecule has 1 aliphatic carbocycles. The highest BCUT2D eigenvalue weighted by atomic mass is 16.5. The van der Waals surface area contributed by atoms with Gasteiger partial charge in [0.25, 0.3) is 0 Å². The molecule has 186 valence electrons. The van der Waals surface area contributed by atoms with E-state index < -0.39 is 23.9 Å². The first-order chi connectivity index (χ1) is 16.8. The van der Waals surface area contributed by atoms with Crippen LogP contribution in [0.1, 0.15) is 50.2 Å². The lowest BCUT2D eigenvalue weighted by atomic mass is 9.92. The van der Waals surface area contributed by atoms with Crippen molar-refractivity contribution in [2.24, 2.45) is 17.8 Å². The molecule has 2 aromatic carbocycles. The van der Waals surface area contributed by atoms with Crippen molar-refractivity contribution in [2.45, 2.75) is 39.0 Å². The quantitative estimate of drug-likeness (QED) is 0.582. The molecule has 2 unspecified atom stereocenters. The zero-order valence-corrected chi connectivity index (χ0v) is 20.4. The van der Waals surface area contributed by atoms with E-state index in [1.165, 1.54) is 11.1 Å². The molecule has 1 fully saturated rings. The van der Waals surface area contributed by atoms with Crippen LogP contribution < -0.4 is 5.32 Å². The smallest absolute Gasteiger partial charge is 0.407 e. The third-order valence-electron chi connectivity index (χ3n) is 7.02. The van der Waals surface area contributed by atoms with E-state index in [0.29, 0.717) is 25.8 Å². The molecule has 0 spiro atoms. The number of nitrogens with zero attached hydrogens (tertiary/aromatic N) is 1. The third kappa shape index (κ3) is 5.66. The lowest BCUT2D eigenvalue weighted by Crippen LogP contribution is -2.47. The van der Waals surface area contributed by atoms with Gasteiger partial charge in [0.2, 0.25) is 5.91 Å². The Bertz CT molecular complexity index is 1040. The predicted octanol–water partition coefficient (Wildman–Crippen LogP) is 4.51. The molecule has 4 rings (SSSR count). The molecule has 2 atom stereocenters. The summed E-state index contributed by atoms with van der Waals surface area (Å²) < 4.78 is 5.62. The summed E-state index contributed by atoms with van der Waals surface area (Å²) in [5, 5.41) is 12.1. The number of carboxylic acid groups (broad SMARTS) is 1. The summed E-state index contributed by atoms with van der Waals surface area (Å²) in [6.45, 7) is 5.24. The minimum atomic E-state index is -0.861. The van der Waals surface area contributed by atoms with Gasteiger partial charge in [0.1, 0.15) is 6.61 Å². The topological polar surface area (TPSA) is 95.9 Å². The van der Waals surface area contributed by atoms with Crippen molar-refractivity contribution in [3.63, 3.8) is 0 Å². The van der Waals surface area contributed by atoms with Crippen LogP contribution in [0.2, 0.25) is 0 Å². The van der Waals surface area contributed by atoms with Crippen molar-refractivity contribution in [1.82, 2.24) is 10.2 Å². The monoisotopic (exact) mass is 478 g/mol. The molecule has 35 heavy (non-hydrogen) atoms. The highest BCUT2D eigenvalue weighted by molar-refractivity contribution is 5.81. The lowest BCUT2D eigenvalue weighted by Gasteiger charge is -2.34. The number of piperidine rings is 1. The summed E-state index contributed by atoms with van der Waals surface area (Å²) in [5.74, 6) is -1.66. The molecule has 0 aromatic heterocycles. The number of ether oxygens (including phenoxy) is 1. The first-order valence-corrected chi connectivity index (χ1v) is 12.5. The number of fused-ring (bicyclic) bond motifs is 3. The molecule has 1 saturated heterocycles. The van der Waals surface area contributed by atoms with Gasteiger partial charge in [-0.05, 0) is 47.4 Å². The number of hydrogen-bond donors (Lipinski definition) is 2. The van der Waals surface area contributed by atoms with Crippen molar-refractivity contribution >= 4 is 18.0 Å². The number of aliphatic carboxylic acids is 1. The van der Waals surface area contributed by atoms with Gasteiger partial charge in [-0.3, -0.25) is 9.59 Å². The SMILES string of the molecule is CC(C)CC(CNC(=O)OCC1c2ccccc2-c2ccccc21)C(=O)N1CCCC(C(=O)O)C1. The van der Waals surface area contributed by atoms with Crippen LogP contribution in [-0.2, 0) is 14.3 Å². The molecule has 2 aliphatic rings. The second-order valence-corrected chi connectivity index (χ2v) is 9.99. The van der Waals surface area contributed by atoms with Crippen molar-refractivity contribution in [2.75, 3.05) is 26.2 Å². The molecule has 1 heterocycles. The molecule has 1 aliphatic heterocycles. The Morgan fingerprint density at radius 1 is 1.06 bits per heavy atom. The maximum Gasteiger partial charge on any atom is 0.407 e. The number of hydrogen-bond acceptors (Lipinski definition) is 4. The Labute approximate surface area is 206 Å². The van der Waals surface area contributed by atoms with Gasteiger partial charge < -0.3 is 20.1 Å². The van der Waals surface area contributed by atoms with E-state index in [9.17, 15) is 19.5 Å². The Morgan fingerprint density at radius 2 is 1.69 bits per heavy atom. The van der Waals surface area contributed by atoms with Crippen molar-refractivity contribution in [1.29, 1.82) is 0 Å². The Balaban J connectivity index is 1.36. The lowest BCUT2D eigenvalue weighted by molar-refractivity contribution is -0.146. The maximum absolute atomic E-state index is 13.2. The number of rotatable bonds is 8. The zero-order valence-electron chi connectivity index (χ0n) is 20.4. The molecule has 0 radical (unpaired) electrons. The van der Waals surface area contributed by atoms with E-state index in [1.807, 2.05) is 38.1 Å². The van der Waals surface area contributed by atoms with E-state index in [-0.39, 0.29) is 37.4 Å². The number of carbonyl (C=O) groups excluding carboxylic acids is 2. The number of amides is 2. The van der Waals surface area contributed by atoms with Crippen LogP contribution in [0.25, 0.3) is 11.1 Å². The molecule has 2 N–H and O–H groups in total. The van der Waals surface area contributed by atoms with Crippen LogP contribution in [0.3, 0.4) is 0 Å².